The maximum absolute atomic E-state index is 9.84. The van der Waals surface area contributed by atoms with Crippen LogP contribution in [0.4, 0.5) is 0 Å². The van der Waals surface area contributed by atoms with Crippen molar-refractivity contribution in [1.82, 2.24) is 0 Å². The molecule has 0 aromatic rings. The predicted molar refractivity (Wildman–Crippen MR) is 56.7 cm³/mol. The van der Waals surface area contributed by atoms with Gasteiger partial charge in [0.1, 0.15) is 0 Å². The molecule has 1 aliphatic rings. The van der Waals surface area contributed by atoms with Crippen molar-refractivity contribution < 1.29 is 5.11 Å². The minimum Gasteiger partial charge on any atom is -0.393 e. The molecular formula is C12H24O. The number of rotatable bonds is 4. The molecule has 78 valence electrons. The van der Waals surface area contributed by atoms with E-state index in [1.165, 1.54) is 32.1 Å². The molecule has 0 aromatic carbocycles. The largest absolute Gasteiger partial charge is 0.393 e. The van der Waals surface area contributed by atoms with Crippen molar-refractivity contribution in [3.63, 3.8) is 0 Å². The molecule has 1 heteroatoms. The van der Waals surface area contributed by atoms with E-state index >= 15 is 0 Å². The van der Waals surface area contributed by atoms with E-state index in [-0.39, 0.29) is 6.10 Å². The molecule has 1 N–H and O–H groups in total. The van der Waals surface area contributed by atoms with Gasteiger partial charge in [0, 0.05) is 0 Å². The Morgan fingerprint density at radius 2 is 2.00 bits per heavy atom. The molecule has 0 spiro atoms. The zero-order chi connectivity index (χ0) is 9.68. The molecule has 1 fully saturated rings. The number of aliphatic hydroxyl groups is 1. The average Bonchev–Trinajstić information content (AvgIpc) is 2.15. The van der Waals surface area contributed by atoms with Gasteiger partial charge in [0.2, 0.25) is 0 Å². The lowest BCUT2D eigenvalue weighted by Crippen LogP contribution is -2.31. The smallest absolute Gasteiger partial charge is 0.0570 e. The van der Waals surface area contributed by atoms with Gasteiger partial charge in [-0.25, -0.2) is 0 Å². The fraction of sp³-hybridized carbons (Fsp3) is 1.00. The summed E-state index contributed by atoms with van der Waals surface area (Å²) >= 11 is 0. The van der Waals surface area contributed by atoms with E-state index in [0.29, 0.717) is 5.92 Å². The molecule has 1 saturated carbocycles. The Balaban J connectivity index is 2.39. The van der Waals surface area contributed by atoms with Crippen molar-refractivity contribution in [1.29, 1.82) is 0 Å². The third-order valence-electron chi connectivity index (χ3n) is 3.57. The quantitative estimate of drug-likeness (QED) is 0.710. The Hall–Kier alpha value is -0.0400. The lowest BCUT2D eigenvalue weighted by molar-refractivity contribution is 0.0267. The molecule has 3 unspecified atom stereocenters. The number of hydrogen-bond acceptors (Lipinski definition) is 1. The molecule has 3 atom stereocenters. The Labute approximate surface area is 82.5 Å². The van der Waals surface area contributed by atoms with Crippen molar-refractivity contribution in [2.75, 3.05) is 0 Å². The summed E-state index contributed by atoms with van der Waals surface area (Å²) in [4.78, 5) is 0. The van der Waals surface area contributed by atoms with Crippen molar-refractivity contribution in [3.05, 3.63) is 0 Å². The molecule has 0 heterocycles. The van der Waals surface area contributed by atoms with Gasteiger partial charge in [0.05, 0.1) is 6.10 Å². The van der Waals surface area contributed by atoms with E-state index in [9.17, 15) is 5.11 Å². The normalized spacial score (nSPS) is 34.8. The fourth-order valence-corrected chi connectivity index (χ4v) is 2.76. The molecule has 0 aliphatic heterocycles. The lowest BCUT2D eigenvalue weighted by atomic mass is 9.74. The van der Waals surface area contributed by atoms with Crippen LogP contribution in [0.25, 0.3) is 0 Å². The third kappa shape index (κ3) is 2.98. The van der Waals surface area contributed by atoms with Crippen LogP contribution >= 0.6 is 0 Å². The lowest BCUT2D eigenvalue weighted by Gasteiger charge is -2.35. The Morgan fingerprint density at radius 3 is 2.62 bits per heavy atom. The van der Waals surface area contributed by atoms with Gasteiger partial charge in [-0.2, -0.15) is 0 Å². The minimum absolute atomic E-state index is 0.000561. The molecule has 0 aromatic heterocycles. The van der Waals surface area contributed by atoms with Crippen LogP contribution < -0.4 is 0 Å². The third-order valence-corrected chi connectivity index (χ3v) is 3.57. The SMILES string of the molecule is CCCCC1CCCC(O)C1CC. The van der Waals surface area contributed by atoms with Crippen LogP contribution in [0.1, 0.15) is 58.8 Å². The summed E-state index contributed by atoms with van der Waals surface area (Å²) in [7, 11) is 0. The van der Waals surface area contributed by atoms with Crippen molar-refractivity contribution in [2.24, 2.45) is 11.8 Å². The highest BCUT2D eigenvalue weighted by Gasteiger charge is 2.29. The molecule has 13 heavy (non-hydrogen) atoms. The van der Waals surface area contributed by atoms with Gasteiger partial charge >= 0.3 is 0 Å². The molecule has 0 bridgehead atoms. The Bertz CT molecular complexity index is 133. The van der Waals surface area contributed by atoms with Gasteiger partial charge < -0.3 is 5.11 Å². The summed E-state index contributed by atoms with van der Waals surface area (Å²) in [5.41, 5.74) is 0. The predicted octanol–water partition coefficient (Wildman–Crippen LogP) is 3.36. The summed E-state index contributed by atoms with van der Waals surface area (Å²) in [5.74, 6) is 1.41. The summed E-state index contributed by atoms with van der Waals surface area (Å²) in [6.45, 7) is 4.47. The first kappa shape index (κ1) is 11.0. The van der Waals surface area contributed by atoms with Gasteiger partial charge in [-0.3, -0.25) is 0 Å². The van der Waals surface area contributed by atoms with Gasteiger partial charge in [-0.1, -0.05) is 46.0 Å². The summed E-state index contributed by atoms with van der Waals surface area (Å²) in [5, 5.41) is 9.84. The fourth-order valence-electron chi connectivity index (χ4n) is 2.76. The van der Waals surface area contributed by atoms with E-state index in [0.717, 1.165) is 18.8 Å². The van der Waals surface area contributed by atoms with Crippen LogP contribution in [0.5, 0.6) is 0 Å². The van der Waals surface area contributed by atoms with Gasteiger partial charge in [-0.15, -0.1) is 0 Å². The molecular weight excluding hydrogens is 160 g/mol. The summed E-state index contributed by atoms with van der Waals surface area (Å²) in [6.07, 6.45) is 8.78. The minimum atomic E-state index is 0.000561. The van der Waals surface area contributed by atoms with Crippen LogP contribution in [0.3, 0.4) is 0 Å². The van der Waals surface area contributed by atoms with Crippen molar-refractivity contribution in [2.45, 2.75) is 64.9 Å². The Kier molecular flexibility index (Phi) is 4.79. The van der Waals surface area contributed by atoms with Gasteiger partial charge in [0.25, 0.3) is 0 Å². The second kappa shape index (κ2) is 5.64. The number of aliphatic hydroxyl groups excluding tert-OH is 1. The molecule has 0 radical (unpaired) electrons. The highest BCUT2D eigenvalue weighted by molar-refractivity contribution is 4.80. The van der Waals surface area contributed by atoms with Crippen molar-refractivity contribution in [3.8, 4) is 0 Å². The monoisotopic (exact) mass is 184 g/mol. The van der Waals surface area contributed by atoms with Crippen LogP contribution in [0.2, 0.25) is 0 Å². The van der Waals surface area contributed by atoms with Crippen LogP contribution in [-0.4, -0.2) is 11.2 Å². The maximum atomic E-state index is 9.84. The first-order valence-electron chi connectivity index (χ1n) is 5.97. The molecule has 1 rings (SSSR count). The molecule has 1 nitrogen and oxygen atoms in total. The van der Waals surface area contributed by atoms with E-state index in [2.05, 4.69) is 13.8 Å². The Morgan fingerprint density at radius 1 is 1.23 bits per heavy atom. The summed E-state index contributed by atoms with van der Waals surface area (Å²) < 4.78 is 0. The van der Waals surface area contributed by atoms with Crippen LogP contribution in [-0.2, 0) is 0 Å². The zero-order valence-electron chi connectivity index (χ0n) is 9.13. The second-order valence-electron chi connectivity index (χ2n) is 4.47. The highest BCUT2D eigenvalue weighted by Crippen LogP contribution is 2.35. The zero-order valence-corrected chi connectivity index (χ0v) is 9.13. The second-order valence-corrected chi connectivity index (χ2v) is 4.47. The standard InChI is InChI=1S/C12H24O/c1-3-5-7-10-8-6-9-12(13)11(10)4-2/h10-13H,3-9H2,1-2H3. The first-order valence-corrected chi connectivity index (χ1v) is 5.97. The van der Waals surface area contributed by atoms with E-state index in [1.54, 1.807) is 0 Å². The molecule has 0 amide bonds. The average molecular weight is 184 g/mol. The van der Waals surface area contributed by atoms with Crippen LogP contribution in [0.15, 0.2) is 0 Å². The van der Waals surface area contributed by atoms with Crippen LogP contribution in [0, 0.1) is 11.8 Å². The number of hydrogen-bond donors (Lipinski definition) is 1. The van der Waals surface area contributed by atoms with E-state index < -0.39 is 0 Å². The first-order chi connectivity index (χ1) is 6.29. The highest BCUT2D eigenvalue weighted by atomic mass is 16.3. The topological polar surface area (TPSA) is 20.2 Å². The number of unbranched alkanes of at least 4 members (excludes halogenated alkanes) is 1. The van der Waals surface area contributed by atoms with Crippen molar-refractivity contribution >= 4 is 0 Å². The molecule has 0 saturated heterocycles. The maximum Gasteiger partial charge on any atom is 0.0570 e. The van der Waals surface area contributed by atoms with Gasteiger partial charge in [0.15, 0.2) is 0 Å². The van der Waals surface area contributed by atoms with E-state index in [4.69, 9.17) is 0 Å². The summed E-state index contributed by atoms with van der Waals surface area (Å²) in [6, 6.07) is 0. The van der Waals surface area contributed by atoms with Gasteiger partial charge in [-0.05, 0) is 24.7 Å². The molecule has 1 aliphatic carbocycles. The van der Waals surface area contributed by atoms with E-state index in [1.807, 2.05) is 0 Å².